The van der Waals surface area contributed by atoms with Gasteiger partial charge in [0, 0.05) is 25.1 Å². The van der Waals surface area contributed by atoms with E-state index in [1.165, 1.54) is 0 Å². The number of imidazole rings is 1. The van der Waals surface area contributed by atoms with E-state index in [9.17, 15) is 4.79 Å². The third kappa shape index (κ3) is 3.13. The average Bonchev–Trinajstić information content (AvgIpc) is 2.86. The fourth-order valence-corrected chi connectivity index (χ4v) is 2.31. The van der Waals surface area contributed by atoms with Gasteiger partial charge in [-0.3, -0.25) is 10.1 Å². The van der Waals surface area contributed by atoms with Crippen molar-refractivity contribution in [1.29, 1.82) is 0 Å². The van der Waals surface area contributed by atoms with Crippen LogP contribution in [0.25, 0.3) is 0 Å². The molecule has 0 saturated carbocycles. The molecule has 1 aromatic heterocycles. The van der Waals surface area contributed by atoms with Crippen molar-refractivity contribution in [3.63, 3.8) is 0 Å². The summed E-state index contributed by atoms with van der Waals surface area (Å²) in [5.41, 5.74) is 1.66. The van der Waals surface area contributed by atoms with Gasteiger partial charge in [0.15, 0.2) is 0 Å². The number of hydrogen-bond acceptors (Lipinski definition) is 4. The van der Waals surface area contributed by atoms with Gasteiger partial charge < -0.3 is 15.4 Å². The number of rotatable bonds is 5. The quantitative estimate of drug-likeness (QED) is 0.608. The number of fused-ring (bicyclic) bond motifs is 1. The molecule has 19 heavy (non-hydrogen) atoms. The summed E-state index contributed by atoms with van der Waals surface area (Å²) in [7, 11) is 0. The summed E-state index contributed by atoms with van der Waals surface area (Å²) in [4.78, 5) is 19.6. The number of H-pyrrole nitrogens is 1. The first-order valence-electron chi connectivity index (χ1n) is 6.75. The SMILES string of the molecule is CCC(C)(CCO)NC(=O)C1Cc2nc[nH]c2CN1. The van der Waals surface area contributed by atoms with E-state index in [4.69, 9.17) is 5.11 Å². The topological polar surface area (TPSA) is 90.0 Å². The molecule has 2 atom stereocenters. The molecule has 2 unspecified atom stereocenters. The Hall–Kier alpha value is -1.40. The van der Waals surface area contributed by atoms with Gasteiger partial charge in [0.25, 0.3) is 0 Å². The van der Waals surface area contributed by atoms with Crippen molar-refractivity contribution in [2.75, 3.05) is 6.61 Å². The van der Waals surface area contributed by atoms with Crippen LogP contribution in [0.4, 0.5) is 0 Å². The van der Waals surface area contributed by atoms with E-state index in [0.717, 1.165) is 17.8 Å². The summed E-state index contributed by atoms with van der Waals surface area (Å²) in [5, 5.41) is 15.3. The minimum Gasteiger partial charge on any atom is -0.396 e. The molecule has 4 N–H and O–H groups in total. The molecule has 6 heteroatoms. The lowest BCUT2D eigenvalue weighted by Crippen LogP contribution is -2.55. The van der Waals surface area contributed by atoms with Gasteiger partial charge in [0.1, 0.15) is 0 Å². The number of aliphatic hydroxyl groups excluding tert-OH is 1. The fourth-order valence-electron chi connectivity index (χ4n) is 2.31. The molecule has 0 fully saturated rings. The molecule has 106 valence electrons. The summed E-state index contributed by atoms with van der Waals surface area (Å²) >= 11 is 0. The van der Waals surface area contributed by atoms with E-state index in [1.807, 2.05) is 13.8 Å². The maximum absolute atomic E-state index is 12.3. The summed E-state index contributed by atoms with van der Waals surface area (Å²) in [6.07, 6.45) is 3.62. The molecule has 1 aliphatic rings. The Morgan fingerprint density at radius 1 is 1.68 bits per heavy atom. The Balaban J connectivity index is 1.98. The van der Waals surface area contributed by atoms with Crippen LogP contribution in [-0.4, -0.2) is 39.2 Å². The second kappa shape index (κ2) is 5.71. The number of carbonyl (C=O) groups is 1. The van der Waals surface area contributed by atoms with Crippen LogP contribution in [-0.2, 0) is 17.8 Å². The Morgan fingerprint density at radius 3 is 3.16 bits per heavy atom. The molecule has 1 aliphatic heterocycles. The number of hydrogen-bond donors (Lipinski definition) is 4. The van der Waals surface area contributed by atoms with Gasteiger partial charge in [0.05, 0.1) is 23.8 Å². The van der Waals surface area contributed by atoms with Gasteiger partial charge in [-0.25, -0.2) is 4.98 Å². The molecule has 2 rings (SSSR count). The predicted octanol–water partition coefficient (Wildman–Crippen LogP) is 0.0913. The smallest absolute Gasteiger partial charge is 0.237 e. The van der Waals surface area contributed by atoms with Crippen LogP contribution >= 0.6 is 0 Å². The number of aromatic nitrogens is 2. The molecule has 0 spiro atoms. The molecule has 1 amide bonds. The van der Waals surface area contributed by atoms with Crippen LogP contribution in [0.1, 0.15) is 38.1 Å². The summed E-state index contributed by atoms with van der Waals surface area (Å²) in [5.74, 6) is -0.0218. The van der Waals surface area contributed by atoms with Crippen molar-refractivity contribution < 1.29 is 9.90 Å². The zero-order chi connectivity index (χ0) is 13.9. The zero-order valence-corrected chi connectivity index (χ0v) is 11.5. The summed E-state index contributed by atoms with van der Waals surface area (Å²) < 4.78 is 0. The van der Waals surface area contributed by atoms with E-state index >= 15 is 0 Å². The van der Waals surface area contributed by atoms with Crippen LogP contribution < -0.4 is 10.6 Å². The van der Waals surface area contributed by atoms with Crippen LogP contribution in [0.3, 0.4) is 0 Å². The Bertz CT molecular complexity index is 446. The molecule has 0 bridgehead atoms. The van der Waals surface area contributed by atoms with Crippen LogP contribution in [0.5, 0.6) is 0 Å². The average molecular weight is 266 g/mol. The monoisotopic (exact) mass is 266 g/mol. The van der Waals surface area contributed by atoms with Crippen LogP contribution in [0, 0.1) is 0 Å². The standard InChI is InChI=1S/C13H22N4O2/c1-3-13(2,4-5-18)17-12(19)10-6-9-11(7-14-10)16-8-15-9/h8,10,14,18H,3-7H2,1-2H3,(H,15,16)(H,17,19). The van der Waals surface area contributed by atoms with Gasteiger partial charge in [0.2, 0.25) is 5.91 Å². The molecule has 0 radical (unpaired) electrons. The summed E-state index contributed by atoms with van der Waals surface area (Å²) in [6, 6.07) is -0.250. The van der Waals surface area contributed by atoms with Crippen molar-refractivity contribution in [3.05, 3.63) is 17.7 Å². The van der Waals surface area contributed by atoms with Crippen molar-refractivity contribution in [2.24, 2.45) is 0 Å². The first kappa shape index (κ1) is 14.0. The van der Waals surface area contributed by atoms with Crippen molar-refractivity contribution >= 4 is 5.91 Å². The van der Waals surface area contributed by atoms with E-state index in [-0.39, 0.29) is 24.1 Å². The maximum Gasteiger partial charge on any atom is 0.237 e. The molecular weight excluding hydrogens is 244 g/mol. The Labute approximate surface area is 113 Å². The normalized spacial score (nSPS) is 21.5. The largest absolute Gasteiger partial charge is 0.396 e. The molecule has 6 nitrogen and oxygen atoms in total. The second-order valence-corrected chi connectivity index (χ2v) is 5.34. The fraction of sp³-hybridized carbons (Fsp3) is 0.692. The Morgan fingerprint density at radius 2 is 2.47 bits per heavy atom. The highest BCUT2D eigenvalue weighted by atomic mass is 16.3. The number of nitrogens with zero attached hydrogens (tertiary/aromatic N) is 1. The minimum atomic E-state index is -0.348. The first-order valence-corrected chi connectivity index (χ1v) is 6.75. The van der Waals surface area contributed by atoms with E-state index < -0.39 is 0 Å². The molecule has 0 aromatic carbocycles. The van der Waals surface area contributed by atoms with Gasteiger partial charge in [-0.2, -0.15) is 0 Å². The molecule has 0 saturated heterocycles. The van der Waals surface area contributed by atoms with E-state index in [1.54, 1.807) is 6.33 Å². The number of nitrogens with one attached hydrogen (secondary N) is 3. The van der Waals surface area contributed by atoms with Gasteiger partial charge in [-0.05, 0) is 19.8 Å². The third-order valence-corrected chi connectivity index (χ3v) is 3.92. The molecular formula is C13H22N4O2. The first-order chi connectivity index (χ1) is 9.08. The predicted molar refractivity (Wildman–Crippen MR) is 71.5 cm³/mol. The summed E-state index contributed by atoms with van der Waals surface area (Å²) in [6.45, 7) is 4.68. The number of aliphatic hydroxyl groups is 1. The lowest BCUT2D eigenvalue weighted by Gasteiger charge is -2.32. The van der Waals surface area contributed by atoms with Crippen molar-refractivity contribution in [3.8, 4) is 0 Å². The lowest BCUT2D eigenvalue weighted by atomic mass is 9.93. The van der Waals surface area contributed by atoms with E-state index in [0.29, 0.717) is 19.4 Å². The van der Waals surface area contributed by atoms with Gasteiger partial charge in [-0.1, -0.05) is 6.92 Å². The highest BCUT2D eigenvalue weighted by Crippen LogP contribution is 2.16. The molecule has 1 aromatic rings. The van der Waals surface area contributed by atoms with Crippen molar-refractivity contribution in [1.82, 2.24) is 20.6 Å². The van der Waals surface area contributed by atoms with Crippen LogP contribution in [0.15, 0.2) is 6.33 Å². The third-order valence-electron chi connectivity index (χ3n) is 3.92. The zero-order valence-electron chi connectivity index (χ0n) is 11.5. The number of aromatic amines is 1. The highest BCUT2D eigenvalue weighted by molar-refractivity contribution is 5.83. The molecule has 2 heterocycles. The van der Waals surface area contributed by atoms with Crippen LogP contribution in [0.2, 0.25) is 0 Å². The minimum absolute atomic E-state index is 0.0218. The number of carbonyl (C=O) groups excluding carboxylic acids is 1. The Kier molecular flexibility index (Phi) is 4.21. The van der Waals surface area contributed by atoms with Crippen molar-refractivity contribution in [2.45, 2.75) is 51.2 Å². The number of amides is 1. The highest BCUT2D eigenvalue weighted by Gasteiger charge is 2.30. The van der Waals surface area contributed by atoms with Gasteiger partial charge >= 0.3 is 0 Å². The lowest BCUT2D eigenvalue weighted by molar-refractivity contribution is -0.125. The van der Waals surface area contributed by atoms with Gasteiger partial charge in [-0.15, -0.1) is 0 Å². The second-order valence-electron chi connectivity index (χ2n) is 5.34. The van der Waals surface area contributed by atoms with E-state index in [2.05, 4.69) is 20.6 Å². The molecule has 0 aliphatic carbocycles. The maximum atomic E-state index is 12.3.